The first kappa shape index (κ1) is 16.2. The maximum atomic E-state index is 14.7. The van der Waals surface area contributed by atoms with Gasteiger partial charge in [-0.3, -0.25) is 14.3 Å². The first-order valence-corrected chi connectivity index (χ1v) is 8.55. The lowest BCUT2D eigenvalue weighted by Gasteiger charge is -2.23. The highest BCUT2D eigenvalue weighted by atomic mass is 35.5. The van der Waals surface area contributed by atoms with Crippen LogP contribution in [0.4, 0.5) is 10.1 Å². The fourth-order valence-electron chi connectivity index (χ4n) is 3.34. The van der Waals surface area contributed by atoms with Crippen molar-refractivity contribution in [3.05, 3.63) is 33.5 Å². The van der Waals surface area contributed by atoms with Gasteiger partial charge in [0.1, 0.15) is 16.7 Å². The maximum Gasteiger partial charge on any atom is 0.276 e. The fraction of sp³-hybridized carbons (Fsp3) is 0.412. The van der Waals surface area contributed by atoms with Gasteiger partial charge in [-0.1, -0.05) is 18.5 Å². The van der Waals surface area contributed by atoms with Gasteiger partial charge in [-0.15, -0.1) is 0 Å². The molecule has 1 aromatic carbocycles. The number of fused-ring (bicyclic) bond motifs is 2. The Balaban J connectivity index is 1.88. The Bertz CT molecular complexity index is 950. The number of ether oxygens (including phenoxy) is 1. The second-order valence-electron chi connectivity index (χ2n) is 6.65. The number of carbonyl (C=O) groups excluding carboxylic acids is 1. The molecule has 0 spiro atoms. The monoisotopic (exact) mass is 365 g/mol. The SMILES string of the molecule is C[C@@H]1CCn2c(Cl)c(-c3cc4c(cc3F)O[C@@H](C)C(=O)N4)c(=O)n2C1. The number of halogens is 2. The van der Waals surface area contributed by atoms with E-state index in [2.05, 4.69) is 12.2 Å². The van der Waals surface area contributed by atoms with Crippen molar-refractivity contribution in [2.45, 2.75) is 39.5 Å². The quantitative estimate of drug-likeness (QED) is 0.845. The van der Waals surface area contributed by atoms with Gasteiger partial charge in [-0.2, -0.15) is 0 Å². The Labute approximate surface area is 148 Å². The molecule has 6 nitrogen and oxygen atoms in total. The number of aromatic nitrogens is 2. The van der Waals surface area contributed by atoms with Gasteiger partial charge in [-0.25, -0.2) is 9.07 Å². The van der Waals surface area contributed by atoms with Crippen molar-refractivity contribution in [2.75, 3.05) is 5.32 Å². The van der Waals surface area contributed by atoms with Crippen LogP contribution in [0.25, 0.3) is 11.1 Å². The van der Waals surface area contributed by atoms with Gasteiger partial charge < -0.3 is 10.1 Å². The highest BCUT2D eigenvalue weighted by Crippen LogP contribution is 2.38. The third-order valence-corrected chi connectivity index (χ3v) is 5.14. The largest absolute Gasteiger partial charge is 0.479 e. The third-order valence-electron chi connectivity index (χ3n) is 4.76. The predicted molar refractivity (Wildman–Crippen MR) is 91.6 cm³/mol. The summed E-state index contributed by atoms with van der Waals surface area (Å²) in [6.07, 6.45) is 0.206. The van der Waals surface area contributed by atoms with Crippen molar-refractivity contribution in [3.8, 4) is 16.9 Å². The summed E-state index contributed by atoms with van der Waals surface area (Å²) in [7, 11) is 0. The molecule has 0 fully saturated rings. The fourth-order valence-corrected chi connectivity index (χ4v) is 3.70. The zero-order chi connectivity index (χ0) is 17.9. The first-order valence-electron chi connectivity index (χ1n) is 8.17. The summed E-state index contributed by atoms with van der Waals surface area (Å²) in [5.41, 5.74) is 0.183. The number of amides is 1. The second-order valence-corrected chi connectivity index (χ2v) is 7.01. The summed E-state index contributed by atoms with van der Waals surface area (Å²) in [5.74, 6) is -0.343. The van der Waals surface area contributed by atoms with E-state index in [0.717, 1.165) is 6.42 Å². The van der Waals surface area contributed by atoms with E-state index in [1.165, 1.54) is 12.1 Å². The van der Waals surface area contributed by atoms with Crippen LogP contribution in [0.3, 0.4) is 0 Å². The molecule has 3 heterocycles. The summed E-state index contributed by atoms with van der Waals surface area (Å²) >= 11 is 6.39. The van der Waals surface area contributed by atoms with Gasteiger partial charge >= 0.3 is 0 Å². The third kappa shape index (κ3) is 2.45. The smallest absolute Gasteiger partial charge is 0.276 e. The number of nitrogens with one attached hydrogen (secondary N) is 1. The van der Waals surface area contributed by atoms with E-state index < -0.39 is 11.9 Å². The molecule has 1 aromatic heterocycles. The minimum absolute atomic E-state index is 0.0641. The zero-order valence-electron chi connectivity index (χ0n) is 13.8. The van der Waals surface area contributed by atoms with Crippen molar-refractivity contribution in [3.63, 3.8) is 0 Å². The van der Waals surface area contributed by atoms with Gasteiger partial charge in [0.05, 0.1) is 11.3 Å². The van der Waals surface area contributed by atoms with Gasteiger partial charge in [0.2, 0.25) is 0 Å². The molecule has 132 valence electrons. The number of hydrogen-bond acceptors (Lipinski definition) is 3. The molecule has 1 N–H and O–H groups in total. The molecule has 2 aliphatic heterocycles. The molecule has 0 aliphatic carbocycles. The van der Waals surface area contributed by atoms with E-state index in [0.29, 0.717) is 24.7 Å². The molecular weight excluding hydrogens is 349 g/mol. The summed E-state index contributed by atoms with van der Waals surface area (Å²) in [5, 5.41) is 2.88. The van der Waals surface area contributed by atoms with Crippen molar-refractivity contribution in [1.82, 2.24) is 9.36 Å². The lowest BCUT2D eigenvalue weighted by molar-refractivity contribution is -0.122. The van der Waals surface area contributed by atoms with Gasteiger partial charge in [0.25, 0.3) is 11.5 Å². The normalized spacial score (nSPS) is 22.0. The molecule has 4 rings (SSSR count). The van der Waals surface area contributed by atoms with Crippen molar-refractivity contribution in [1.29, 1.82) is 0 Å². The lowest BCUT2D eigenvalue weighted by Crippen LogP contribution is -2.34. The average Bonchev–Trinajstić information content (AvgIpc) is 2.80. The van der Waals surface area contributed by atoms with Crippen molar-refractivity contribution >= 4 is 23.2 Å². The summed E-state index contributed by atoms with van der Waals surface area (Å²) in [6.45, 7) is 4.79. The number of benzene rings is 1. The molecule has 2 aromatic rings. The Hall–Kier alpha value is -2.28. The average molecular weight is 366 g/mol. The Morgan fingerprint density at radius 2 is 2.04 bits per heavy atom. The van der Waals surface area contributed by atoms with E-state index in [4.69, 9.17) is 16.3 Å². The minimum atomic E-state index is -0.699. The van der Waals surface area contributed by atoms with Crippen LogP contribution in [0.2, 0.25) is 5.15 Å². The standard InChI is InChI=1S/C17H17ClFN3O3/c1-8-3-4-21-15(18)14(17(24)22(21)7-8)10-5-12-13(6-11(10)19)25-9(2)16(23)20-12/h5-6,8-9H,3-4,7H2,1-2H3,(H,20,23)/t8-,9+/m1/s1. The number of carbonyl (C=O) groups is 1. The Kier molecular flexibility index (Phi) is 3.64. The molecule has 1 amide bonds. The van der Waals surface area contributed by atoms with E-state index >= 15 is 0 Å². The number of rotatable bonds is 1. The zero-order valence-corrected chi connectivity index (χ0v) is 14.6. The van der Waals surface area contributed by atoms with E-state index in [9.17, 15) is 14.0 Å². The molecular formula is C17H17ClFN3O3. The molecule has 2 aliphatic rings. The van der Waals surface area contributed by atoms with Gasteiger partial charge in [0.15, 0.2) is 6.10 Å². The van der Waals surface area contributed by atoms with Crippen LogP contribution in [0.15, 0.2) is 16.9 Å². The molecule has 0 bridgehead atoms. The topological polar surface area (TPSA) is 65.3 Å². The molecule has 2 atom stereocenters. The number of hydrogen-bond donors (Lipinski definition) is 1. The van der Waals surface area contributed by atoms with Crippen LogP contribution in [0, 0.1) is 11.7 Å². The van der Waals surface area contributed by atoms with Crippen LogP contribution in [-0.2, 0) is 17.9 Å². The van der Waals surface area contributed by atoms with Crippen LogP contribution >= 0.6 is 11.6 Å². The van der Waals surface area contributed by atoms with E-state index in [1.807, 2.05) is 0 Å². The highest BCUT2D eigenvalue weighted by Gasteiger charge is 2.29. The number of nitrogens with zero attached hydrogens (tertiary/aromatic N) is 2. The molecule has 0 saturated carbocycles. The Morgan fingerprint density at radius 1 is 1.28 bits per heavy atom. The molecule has 0 radical (unpaired) electrons. The summed E-state index contributed by atoms with van der Waals surface area (Å²) in [4.78, 5) is 24.6. The minimum Gasteiger partial charge on any atom is -0.479 e. The van der Waals surface area contributed by atoms with Crippen LogP contribution in [0.5, 0.6) is 5.75 Å². The van der Waals surface area contributed by atoms with Gasteiger partial charge in [-0.05, 0) is 25.3 Å². The van der Waals surface area contributed by atoms with Crippen LogP contribution in [-0.4, -0.2) is 21.4 Å². The summed E-state index contributed by atoms with van der Waals surface area (Å²) < 4.78 is 23.3. The number of anilines is 1. The molecule has 0 saturated heterocycles. The second kappa shape index (κ2) is 5.62. The molecule has 0 unspecified atom stereocenters. The molecule has 25 heavy (non-hydrogen) atoms. The van der Waals surface area contributed by atoms with Crippen LogP contribution in [0.1, 0.15) is 20.3 Å². The van der Waals surface area contributed by atoms with Gasteiger partial charge in [0, 0.05) is 24.7 Å². The first-order chi connectivity index (χ1) is 11.9. The maximum absolute atomic E-state index is 14.7. The van der Waals surface area contributed by atoms with E-state index in [1.54, 1.807) is 16.3 Å². The Morgan fingerprint density at radius 3 is 2.80 bits per heavy atom. The van der Waals surface area contributed by atoms with E-state index in [-0.39, 0.29) is 33.5 Å². The lowest BCUT2D eigenvalue weighted by atomic mass is 10.1. The summed E-state index contributed by atoms with van der Waals surface area (Å²) in [6, 6.07) is 2.59. The van der Waals surface area contributed by atoms with Crippen molar-refractivity contribution < 1.29 is 13.9 Å². The van der Waals surface area contributed by atoms with Crippen LogP contribution < -0.4 is 15.6 Å². The highest BCUT2D eigenvalue weighted by molar-refractivity contribution is 6.32. The molecule has 8 heteroatoms. The predicted octanol–water partition coefficient (Wildman–Crippen LogP) is 2.87. The van der Waals surface area contributed by atoms with Crippen molar-refractivity contribution in [2.24, 2.45) is 5.92 Å².